The molecule has 3 heterocycles. The Kier molecular flexibility index (Phi) is 5.71. The minimum absolute atomic E-state index is 0.141. The summed E-state index contributed by atoms with van der Waals surface area (Å²) < 4.78 is 0. The van der Waals surface area contributed by atoms with Crippen LogP contribution in [0.4, 0.5) is 0 Å². The third-order valence-corrected chi connectivity index (χ3v) is 5.92. The van der Waals surface area contributed by atoms with Crippen LogP contribution in [-0.2, 0) is 6.54 Å². The van der Waals surface area contributed by atoms with Crippen LogP contribution in [-0.4, -0.2) is 59.0 Å². The van der Waals surface area contributed by atoms with Crippen molar-refractivity contribution in [1.82, 2.24) is 25.6 Å². The van der Waals surface area contributed by atoms with Crippen molar-refractivity contribution < 1.29 is 4.79 Å². The van der Waals surface area contributed by atoms with E-state index < -0.39 is 0 Å². The number of piperazine rings is 1. The van der Waals surface area contributed by atoms with Crippen molar-refractivity contribution in [1.29, 1.82) is 0 Å². The van der Waals surface area contributed by atoms with Gasteiger partial charge in [-0.2, -0.15) is 0 Å². The smallest absolute Gasteiger partial charge is 0.253 e. The van der Waals surface area contributed by atoms with Crippen molar-refractivity contribution in [3.05, 3.63) is 65.5 Å². The predicted octanol–water partition coefficient (Wildman–Crippen LogP) is 2.01. The highest BCUT2D eigenvalue weighted by Gasteiger charge is 2.31. The molecule has 2 aromatic rings. The fourth-order valence-electron chi connectivity index (χ4n) is 4.37. The van der Waals surface area contributed by atoms with Gasteiger partial charge in [0.05, 0.1) is 0 Å². The first-order chi connectivity index (χ1) is 13.6. The van der Waals surface area contributed by atoms with Gasteiger partial charge in [-0.3, -0.25) is 25.5 Å². The molecular weight excluding hydrogens is 350 g/mol. The van der Waals surface area contributed by atoms with Crippen LogP contribution in [0.1, 0.15) is 41.3 Å². The maximum atomic E-state index is 13.1. The van der Waals surface area contributed by atoms with Gasteiger partial charge in [-0.05, 0) is 43.2 Å². The van der Waals surface area contributed by atoms with Crippen LogP contribution >= 0.6 is 0 Å². The second kappa shape index (κ2) is 8.39. The summed E-state index contributed by atoms with van der Waals surface area (Å²) in [6, 6.07) is 12.9. The molecule has 28 heavy (non-hydrogen) atoms. The molecule has 2 N–H and O–H groups in total. The molecular formula is C22H29N5O. The standard InChI is InChI=1S/C22H29N5O/c1-16-21(17(2)25-24-16)19-6-3-7-20(13-19)22(28)27-11-9-26(10-12-27)15-18-5-4-8-23-14-18/h3-8,13-14,16-17,21,24-25H,9-12,15H2,1-2H3. The number of benzene rings is 1. The van der Waals surface area contributed by atoms with E-state index in [1.807, 2.05) is 29.3 Å². The van der Waals surface area contributed by atoms with E-state index in [0.717, 1.165) is 38.3 Å². The number of amides is 1. The van der Waals surface area contributed by atoms with E-state index in [9.17, 15) is 4.79 Å². The SMILES string of the molecule is CC1NNC(C)C1c1cccc(C(=O)N2CCN(Cc3cccnc3)CC2)c1. The maximum Gasteiger partial charge on any atom is 0.253 e. The lowest BCUT2D eigenvalue weighted by Gasteiger charge is -2.35. The summed E-state index contributed by atoms with van der Waals surface area (Å²) in [4.78, 5) is 21.6. The van der Waals surface area contributed by atoms with Gasteiger partial charge in [0, 0.05) is 68.7 Å². The molecule has 6 heteroatoms. The molecule has 0 aliphatic carbocycles. The second-order valence-electron chi connectivity index (χ2n) is 7.95. The first-order valence-corrected chi connectivity index (χ1v) is 10.1. The van der Waals surface area contributed by atoms with Crippen molar-refractivity contribution in [2.45, 2.75) is 38.4 Å². The van der Waals surface area contributed by atoms with Crippen LogP contribution in [0.3, 0.4) is 0 Å². The van der Waals surface area contributed by atoms with Gasteiger partial charge in [-0.15, -0.1) is 0 Å². The number of hydrogen-bond acceptors (Lipinski definition) is 5. The Labute approximate surface area is 166 Å². The van der Waals surface area contributed by atoms with Crippen LogP contribution in [0, 0.1) is 0 Å². The fourth-order valence-corrected chi connectivity index (χ4v) is 4.37. The van der Waals surface area contributed by atoms with Gasteiger partial charge in [0.15, 0.2) is 0 Å². The molecule has 1 aromatic carbocycles. The summed E-state index contributed by atoms with van der Waals surface area (Å²) in [7, 11) is 0. The number of nitrogens with one attached hydrogen (secondary N) is 2. The van der Waals surface area contributed by atoms with Crippen molar-refractivity contribution in [2.24, 2.45) is 0 Å². The zero-order chi connectivity index (χ0) is 19.5. The zero-order valence-corrected chi connectivity index (χ0v) is 16.6. The number of aromatic nitrogens is 1. The van der Waals surface area contributed by atoms with Crippen LogP contribution in [0.5, 0.6) is 0 Å². The van der Waals surface area contributed by atoms with Gasteiger partial charge in [0.2, 0.25) is 0 Å². The second-order valence-corrected chi connectivity index (χ2v) is 7.95. The van der Waals surface area contributed by atoms with Crippen LogP contribution in [0.2, 0.25) is 0 Å². The summed E-state index contributed by atoms with van der Waals surface area (Å²) in [5.74, 6) is 0.506. The molecule has 1 aromatic heterocycles. The summed E-state index contributed by atoms with van der Waals surface area (Å²) >= 11 is 0. The Bertz CT molecular complexity index is 794. The lowest BCUT2D eigenvalue weighted by molar-refractivity contribution is 0.0628. The number of hydrazine groups is 1. The van der Waals surface area contributed by atoms with E-state index in [-0.39, 0.29) is 5.91 Å². The highest BCUT2D eigenvalue weighted by molar-refractivity contribution is 5.94. The summed E-state index contributed by atoms with van der Waals surface area (Å²) in [5, 5.41) is 0. The molecule has 2 saturated heterocycles. The molecule has 2 aliphatic rings. The summed E-state index contributed by atoms with van der Waals surface area (Å²) in [6.07, 6.45) is 3.71. The first-order valence-electron chi connectivity index (χ1n) is 10.1. The summed E-state index contributed by atoms with van der Waals surface area (Å²) in [5.41, 5.74) is 9.83. The third kappa shape index (κ3) is 4.09. The van der Waals surface area contributed by atoms with E-state index in [0.29, 0.717) is 18.0 Å². The van der Waals surface area contributed by atoms with E-state index in [1.165, 1.54) is 11.1 Å². The lowest BCUT2D eigenvalue weighted by atomic mass is 9.88. The number of carbonyl (C=O) groups is 1. The number of carbonyl (C=O) groups excluding carboxylic acids is 1. The van der Waals surface area contributed by atoms with E-state index >= 15 is 0 Å². The van der Waals surface area contributed by atoms with Gasteiger partial charge >= 0.3 is 0 Å². The van der Waals surface area contributed by atoms with E-state index in [4.69, 9.17) is 0 Å². The Balaban J connectivity index is 1.38. The van der Waals surface area contributed by atoms with Crippen molar-refractivity contribution in [2.75, 3.05) is 26.2 Å². The number of rotatable bonds is 4. The third-order valence-electron chi connectivity index (χ3n) is 5.92. The Hall–Kier alpha value is -2.28. The molecule has 0 bridgehead atoms. The van der Waals surface area contributed by atoms with Gasteiger partial charge in [-0.1, -0.05) is 18.2 Å². The quantitative estimate of drug-likeness (QED) is 0.851. The molecule has 148 valence electrons. The van der Waals surface area contributed by atoms with E-state index in [2.05, 4.69) is 52.8 Å². The normalized spacial score (nSPS) is 25.8. The largest absolute Gasteiger partial charge is 0.336 e. The number of hydrogen-bond donors (Lipinski definition) is 2. The van der Waals surface area contributed by atoms with Gasteiger partial charge in [-0.25, -0.2) is 0 Å². The first kappa shape index (κ1) is 19.1. The van der Waals surface area contributed by atoms with Crippen LogP contribution in [0.25, 0.3) is 0 Å². The molecule has 0 saturated carbocycles. The molecule has 2 fully saturated rings. The van der Waals surface area contributed by atoms with Crippen molar-refractivity contribution in [3.8, 4) is 0 Å². The molecule has 0 spiro atoms. The number of pyridine rings is 1. The average molecular weight is 380 g/mol. The zero-order valence-electron chi connectivity index (χ0n) is 16.6. The topological polar surface area (TPSA) is 60.5 Å². The fraction of sp³-hybridized carbons (Fsp3) is 0.455. The molecule has 0 radical (unpaired) electrons. The Morgan fingerprint density at radius 1 is 1.07 bits per heavy atom. The Morgan fingerprint density at radius 2 is 1.82 bits per heavy atom. The molecule has 4 rings (SSSR count). The van der Waals surface area contributed by atoms with Gasteiger partial charge < -0.3 is 4.90 Å². The van der Waals surface area contributed by atoms with E-state index in [1.54, 1.807) is 6.20 Å². The maximum absolute atomic E-state index is 13.1. The van der Waals surface area contributed by atoms with Gasteiger partial charge in [0.25, 0.3) is 5.91 Å². The molecule has 1 amide bonds. The minimum Gasteiger partial charge on any atom is -0.336 e. The van der Waals surface area contributed by atoms with Crippen molar-refractivity contribution >= 4 is 5.91 Å². The predicted molar refractivity (Wildman–Crippen MR) is 110 cm³/mol. The highest BCUT2D eigenvalue weighted by Crippen LogP contribution is 2.28. The van der Waals surface area contributed by atoms with Crippen LogP contribution < -0.4 is 10.9 Å². The number of nitrogens with zero attached hydrogens (tertiary/aromatic N) is 3. The van der Waals surface area contributed by atoms with Crippen molar-refractivity contribution in [3.63, 3.8) is 0 Å². The monoisotopic (exact) mass is 379 g/mol. The minimum atomic E-state index is 0.141. The lowest BCUT2D eigenvalue weighted by Crippen LogP contribution is -2.48. The Morgan fingerprint density at radius 3 is 2.50 bits per heavy atom. The molecule has 2 atom stereocenters. The summed E-state index contributed by atoms with van der Waals surface area (Å²) in [6.45, 7) is 8.57. The van der Waals surface area contributed by atoms with Gasteiger partial charge in [0.1, 0.15) is 0 Å². The van der Waals surface area contributed by atoms with Crippen LogP contribution in [0.15, 0.2) is 48.8 Å². The molecule has 2 unspecified atom stereocenters. The molecule has 6 nitrogen and oxygen atoms in total. The average Bonchev–Trinajstić information content (AvgIpc) is 3.07. The highest BCUT2D eigenvalue weighted by atomic mass is 16.2. The molecule has 2 aliphatic heterocycles.